The molecule has 1 saturated carbocycles. The fourth-order valence-corrected chi connectivity index (χ4v) is 2.95. The van der Waals surface area contributed by atoms with Crippen molar-refractivity contribution in [3.63, 3.8) is 0 Å². The molecule has 13 heavy (non-hydrogen) atoms. The van der Waals surface area contributed by atoms with Gasteiger partial charge in [0.2, 0.25) is 0 Å². The van der Waals surface area contributed by atoms with Gasteiger partial charge in [0.15, 0.2) is 0 Å². The van der Waals surface area contributed by atoms with Crippen LogP contribution < -0.4 is 5.32 Å². The molecule has 2 heteroatoms. The molecular weight excluding hydrogens is 162 g/mol. The second kappa shape index (κ2) is 3.25. The normalized spacial score (nSPS) is 50.5. The summed E-state index contributed by atoms with van der Waals surface area (Å²) in [6, 6.07) is 0.684. The van der Waals surface area contributed by atoms with Gasteiger partial charge in [-0.05, 0) is 38.1 Å². The average Bonchev–Trinajstić information content (AvgIpc) is 2.18. The van der Waals surface area contributed by atoms with Crippen molar-refractivity contribution >= 4 is 0 Å². The van der Waals surface area contributed by atoms with Gasteiger partial charge >= 0.3 is 0 Å². The minimum atomic E-state index is 0.241. The molecule has 0 aromatic carbocycles. The molecule has 4 atom stereocenters. The van der Waals surface area contributed by atoms with E-state index in [1.165, 1.54) is 19.3 Å². The van der Waals surface area contributed by atoms with Crippen LogP contribution in [0.5, 0.6) is 0 Å². The average molecular weight is 183 g/mol. The Bertz CT molecular complexity index is 191. The lowest BCUT2D eigenvalue weighted by Gasteiger charge is -2.56. The smallest absolute Gasteiger partial charge is 0.0727 e. The van der Waals surface area contributed by atoms with E-state index in [1.807, 2.05) is 0 Å². The summed E-state index contributed by atoms with van der Waals surface area (Å²) in [6.45, 7) is 5.62. The molecule has 0 amide bonds. The molecule has 1 heterocycles. The van der Waals surface area contributed by atoms with Gasteiger partial charge in [-0.3, -0.25) is 0 Å². The third kappa shape index (κ3) is 1.40. The zero-order valence-electron chi connectivity index (χ0n) is 8.97. The molecule has 1 N–H and O–H groups in total. The van der Waals surface area contributed by atoms with Crippen LogP contribution in [0.15, 0.2) is 0 Å². The van der Waals surface area contributed by atoms with Crippen molar-refractivity contribution in [3.8, 4) is 0 Å². The topological polar surface area (TPSA) is 21.3 Å². The number of ether oxygens (including phenoxy) is 1. The zero-order valence-corrected chi connectivity index (χ0v) is 8.97. The predicted molar refractivity (Wildman–Crippen MR) is 53.7 cm³/mol. The molecule has 2 rings (SSSR count). The fourth-order valence-electron chi connectivity index (χ4n) is 2.95. The Kier molecular flexibility index (Phi) is 2.37. The van der Waals surface area contributed by atoms with E-state index in [1.54, 1.807) is 0 Å². The molecule has 2 aliphatic rings. The van der Waals surface area contributed by atoms with Gasteiger partial charge in [-0.15, -0.1) is 0 Å². The van der Waals surface area contributed by atoms with Crippen molar-refractivity contribution in [2.24, 2.45) is 11.8 Å². The SMILES string of the molecule is CNC1CCOC2(C1)CC(C)C2C. The first-order valence-electron chi connectivity index (χ1n) is 5.49. The highest BCUT2D eigenvalue weighted by molar-refractivity contribution is 5.03. The summed E-state index contributed by atoms with van der Waals surface area (Å²) in [5, 5.41) is 3.38. The van der Waals surface area contributed by atoms with Gasteiger partial charge in [0.25, 0.3) is 0 Å². The molecule has 2 fully saturated rings. The Morgan fingerprint density at radius 1 is 1.31 bits per heavy atom. The Morgan fingerprint density at radius 3 is 2.62 bits per heavy atom. The van der Waals surface area contributed by atoms with Crippen LogP contribution in [-0.2, 0) is 4.74 Å². The second-order valence-corrected chi connectivity index (χ2v) is 4.86. The van der Waals surface area contributed by atoms with Gasteiger partial charge < -0.3 is 10.1 Å². The van der Waals surface area contributed by atoms with Crippen LogP contribution in [0.2, 0.25) is 0 Å². The van der Waals surface area contributed by atoms with Crippen LogP contribution in [-0.4, -0.2) is 25.3 Å². The first-order chi connectivity index (χ1) is 6.18. The fraction of sp³-hybridized carbons (Fsp3) is 1.00. The summed E-state index contributed by atoms with van der Waals surface area (Å²) in [5.74, 6) is 1.61. The predicted octanol–water partition coefficient (Wildman–Crippen LogP) is 1.80. The number of hydrogen-bond donors (Lipinski definition) is 1. The Labute approximate surface area is 81.0 Å². The number of hydrogen-bond acceptors (Lipinski definition) is 2. The van der Waals surface area contributed by atoms with Gasteiger partial charge in [-0.25, -0.2) is 0 Å². The standard InChI is InChI=1S/C11H21NO/c1-8-6-11(9(8)2)7-10(12-3)4-5-13-11/h8-10,12H,4-7H2,1-3H3. The van der Waals surface area contributed by atoms with Crippen LogP contribution in [0.1, 0.15) is 33.1 Å². The minimum Gasteiger partial charge on any atom is -0.375 e. The summed E-state index contributed by atoms with van der Waals surface area (Å²) in [5.41, 5.74) is 0.241. The molecule has 1 aliphatic carbocycles. The van der Waals surface area contributed by atoms with Crippen LogP contribution in [0, 0.1) is 11.8 Å². The molecule has 0 radical (unpaired) electrons. The molecule has 0 bridgehead atoms. The highest BCUT2D eigenvalue weighted by Crippen LogP contribution is 2.50. The third-order valence-corrected chi connectivity index (χ3v) is 4.21. The van der Waals surface area contributed by atoms with E-state index < -0.39 is 0 Å². The summed E-state index contributed by atoms with van der Waals surface area (Å²) < 4.78 is 5.98. The lowest BCUT2D eigenvalue weighted by Crippen LogP contribution is -2.59. The van der Waals surface area contributed by atoms with E-state index in [9.17, 15) is 0 Å². The van der Waals surface area contributed by atoms with Crippen molar-refractivity contribution < 1.29 is 4.74 Å². The van der Waals surface area contributed by atoms with Gasteiger partial charge in [0.05, 0.1) is 5.60 Å². The number of nitrogens with one attached hydrogen (secondary N) is 1. The minimum absolute atomic E-state index is 0.241. The largest absolute Gasteiger partial charge is 0.375 e. The van der Waals surface area contributed by atoms with Gasteiger partial charge in [-0.2, -0.15) is 0 Å². The van der Waals surface area contributed by atoms with Gasteiger partial charge in [0, 0.05) is 12.6 Å². The van der Waals surface area contributed by atoms with Crippen LogP contribution >= 0.6 is 0 Å². The van der Waals surface area contributed by atoms with Crippen LogP contribution in [0.3, 0.4) is 0 Å². The molecule has 1 aliphatic heterocycles. The summed E-state index contributed by atoms with van der Waals surface area (Å²) >= 11 is 0. The van der Waals surface area contributed by atoms with E-state index in [0.29, 0.717) is 6.04 Å². The van der Waals surface area contributed by atoms with Crippen LogP contribution in [0.4, 0.5) is 0 Å². The molecule has 1 spiro atoms. The van der Waals surface area contributed by atoms with Crippen molar-refractivity contribution in [3.05, 3.63) is 0 Å². The summed E-state index contributed by atoms with van der Waals surface area (Å²) in [7, 11) is 2.07. The highest BCUT2D eigenvalue weighted by atomic mass is 16.5. The zero-order chi connectivity index (χ0) is 9.47. The van der Waals surface area contributed by atoms with E-state index in [2.05, 4.69) is 26.2 Å². The Hall–Kier alpha value is -0.0800. The van der Waals surface area contributed by atoms with Gasteiger partial charge in [-0.1, -0.05) is 13.8 Å². The summed E-state index contributed by atoms with van der Waals surface area (Å²) in [4.78, 5) is 0. The van der Waals surface area contributed by atoms with E-state index >= 15 is 0 Å². The molecule has 0 aromatic heterocycles. The molecule has 0 aromatic rings. The van der Waals surface area contributed by atoms with Crippen molar-refractivity contribution in [2.45, 2.75) is 44.8 Å². The maximum atomic E-state index is 5.98. The quantitative estimate of drug-likeness (QED) is 0.669. The van der Waals surface area contributed by atoms with Crippen molar-refractivity contribution in [1.29, 1.82) is 0 Å². The molecule has 2 nitrogen and oxygen atoms in total. The molecule has 4 unspecified atom stereocenters. The summed E-state index contributed by atoms with van der Waals surface area (Å²) in [6.07, 6.45) is 3.67. The lowest BCUT2D eigenvalue weighted by atomic mass is 9.59. The van der Waals surface area contributed by atoms with E-state index in [-0.39, 0.29) is 5.60 Å². The third-order valence-electron chi connectivity index (χ3n) is 4.21. The highest BCUT2D eigenvalue weighted by Gasteiger charge is 2.52. The van der Waals surface area contributed by atoms with Crippen molar-refractivity contribution in [1.82, 2.24) is 5.32 Å². The maximum absolute atomic E-state index is 5.98. The number of rotatable bonds is 1. The first-order valence-corrected chi connectivity index (χ1v) is 5.49. The molecule has 76 valence electrons. The molecular formula is C11H21NO. The molecule has 1 saturated heterocycles. The van der Waals surface area contributed by atoms with E-state index in [0.717, 1.165) is 18.4 Å². The Morgan fingerprint density at radius 2 is 2.08 bits per heavy atom. The lowest BCUT2D eigenvalue weighted by molar-refractivity contribution is -0.197. The second-order valence-electron chi connectivity index (χ2n) is 4.86. The monoisotopic (exact) mass is 183 g/mol. The van der Waals surface area contributed by atoms with Crippen molar-refractivity contribution in [2.75, 3.05) is 13.7 Å². The first kappa shape index (κ1) is 9.47. The maximum Gasteiger partial charge on any atom is 0.0727 e. The Balaban J connectivity index is 1.99. The van der Waals surface area contributed by atoms with E-state index in [4.69, 9.17) is 4.74 Å². The van der Waals surface area contributed by atoms with Crippen LogP contribution in [0.25, 0.3) is 0 Å². The van der Waals surface area contributed by atoms with Gasteiger partial charge in [0.1, 0.15) is 0 Å².